The fourth-order valence-electron chi connectivity index (χ4n) is 3.18. The molecule has 9 heteroatoms. The highest BCUT2D eigenvalue weighted by atomic mass is 19.4. The topological polar surface area (TPSA) is 33.2 Å². The molecule has 32 heavy (non-hydrogen) atoms. The van der Waals surface area contributed by atoms with Crippen molar-refractivity contribution in [1.29, 1.82) is 0 Å². The lowest BCUT2D eigenvalue weighted by Crippen LogP contribution is -2.28. The molecular weight excluding hydrogens is 434 g/mol. The van der Waals surface area contributed by atoms with Crippen LogP contribution in [0.4, 0.5) is 32.0 Å². The minimum Gasteiger partial charge on any atom is -0.313 e. The molecule has 168 valence electrons. The molecule has 0 aliphatic carbocycles. The Morgan fingerprint density at radius 2 is 1.47 bits per heavy atom. The van der Waals surface area contributed by atoms with Crippen LogP contribution >= 0.6 is 0 Å². The molecule has 0 aliphatic heterocycles. The lowest BCUT2D eigenvalue weighted by molar-refractivity contribution is -0.143. The molecule has 3 rings (SSSR count). The van der Waals surface area contributed by atoms with Crippen molar-refractivity contribution >= 4 is 11.6 Å². The van der Waals surface area contributed by atoms with Crippen molar-refractivity contribution in [1.82, 2.24) is 4.98 Å². The number of likely N-dealkylation sites (N-methyl/N-ethyl adjacent to an activating group) is 1. The number of anilines is 1. The molecule has 0 bridgehead atoms. The normalized spacial score (nSPS) is 12.0. The van der Waals surface area contributed by atoms with Gasteiger partial charge in [-0.1, -0.05) is 29.8 Å². The van der Waals surface area contributed by atoms with Crippen LogP contribution in [-0.2, 0) is 23.6 Å². The number of carbonyl (C=O) groups excluding carboxylic acids is 1. The Morgan fingerprint density at radius 3 is 2.00 bits per heavy atom. The maximum Gasteiger partial charge on any atom is 0.416 e. The van der Waals surface area contributed by atoms with Gasteiger partial charge in [-0.2, -0.15) is 26.3 Å². The van der Waals surface area contributed by atoms with Gasteiger partial charge in [0.25, 0.3) is 0 Å². The second-order valence-electron chi connectivity index (χ2n) is 7.30. The van der Waals surface area contributed by atoms with Crippen LogP contribution in [0.15, 0.2) is 60.9 Å². The molecular formula is C23H18F6N2O. The van der Waals surface area contributed by atoms with E-state index < -0.39 is 35.8 Å². The Bertz CT molecular complexity index is 1090. The summed E-state index contributed by atoms with van der Waals surface area (Å²) in [5.74, 6) is -0.682. The molecule has 0 aliphatic rings. The maximum absolute atomic E-state index is 13.1. The maximum atomic E-state index is 13.1. The highest BCUT2D eigenvalue weighted by Gasteiger charge is 2.37. The summed E-state index contributed by atoms with van der Waals surface area (Å²) < 4.78 is 78.6. The van der Waals surface area contributed by atoms with E-state index in [1.807, 2.05) is 31.2 Å². The van der Waals surface area contributed by atoms with Crippen LogP contribution in [-0.4, -0.2) is 17.9 Å². The molecule has 2 aromatic carbocycles. The molecule has 0 radical (unpaired) electrons. The summed E-state index contributed by atoms with van der Waals surface area (Å²) in [5, 5.41) is 0. The molecule has 3 aromatic rings. The third-order valence-corrected chi connectivity index (χ3v) is 4.90. The van der Waals surface area contributed by atoms with Gasteiger partial charge in [-0.15, -0.1) is 0 Å². The van der Waals surface area contributed by atoms with Crippen molar-refractivity contribution < 1.29 is 31.1 Å². The lowest BCUT2D eigenvalue weighted by atomic mass is 10.0. The van der Waals surface area contributed by atoms with Gasteiger partial charge in [-0.05, 0) is 42.3 Å². The minimum atomic E-state index is -4.98. The first-order valence-corrected chi connectivity index (χ1v) is 9.42. The number of benzene rings is 2. The highest BCUT2D eigenvalue weighted by molar-refractivity contribution is 5.98. The second kappa shape index (κ2) is 8.64. The van der Waals surface area contributed by atoms with E-state index in [0.717, 1.165) is 11.1 Å². The molecule has 0 fully saturated rings. The van der Waals surface area contributed by atoms with Gasteiger partial charge in [0.1, 0.15) is 0 Å². The highest BCUT2D eigenvalue weighted by Crippen LogP contribution is 2.37. The molecule has 1 aromatic heterocycles. The van der Waals surface area contributed by atoms with E-state index in [-0.39, 0.29) is 11.6 Å². The van der Waals surface area contributed by atoms with Crippen LogP contribution in [0.25, 0.3) is 11.1 Å². The zero-order chi connectivity index (χ0) is 23.7. The fourth-order valence-corrected chi connectivity index (χ4v) is 3.18. The molecule has 1 amide bonds. The lowest BCUT2D eigenvalue weighted by Gasteiger charge is -2.21. The number of nitrogens with zero attached hydrogens (tertiary/aromatic N) is 2. The predicted octanol–water partition coefficient (Wildman–Crippen LogP) is 6.30. The average molecular weight is 452 g/mol. The van der Waals surface area contributed by atoms with Gasteiger partial charge in [0.15, 0.2) is 0 Å². The monoisotopic (exact) mass is 452 g/mol. The van der Waals surface area contributed by atoms with Gasteiger partial charge in [-0.25, -0.2) is 0 Å². The summed E-state index contributed by atoms with van der Waals surface area (Å²) in [7, 11) is 1.40. The first kappa shape index (κ1) is 23.3. The largest absolute Gasteiger partial charge is 0.416 e. The summed E-state index contributed by atoms with van der Waals surface area (Å²) in [6.45, 7) is 1.91. The van der Waals surface area contributed by atoms with E-state index in [4.69, 9.17) is 0 Å². The van der Waals surface area contributed by atoms with Gasteiger partial charge < -0.3 is 4.90 Å². The fraction of sp³-hybridized carbons (Fsp3) is 0.217. The van der Waals surface area contributed by atoms with Crippen molar-refractivity contribution in [2.45, 2.75) is 25.7 Å². The van der Waals surface area contributed by atoms with Crippen LogP contribution in [0.2, 0.25) is 0 Å². The molecule has 0 saturated heterocycles. The van der Waals surface area contributed by atoms with Crippen LogP contribution in [0.3, 0.4) is 0 Å². The molecule has 1 heterocycles. The molecule has 0 spiro atoms. The van der Waals surface area contributed by atoms with E-state index in [9.17, 15) is 31.1 Å². The zero-order valence-corrected chi connectivity index (χ0v) is 17.1. The standard InChI is InChI=1S/C23H18F6N2O/c1-14-3-5-16(6-4-14)19-7-8-30-13-20(19)31(2)21(32)11-15-9-17(22(24,25)26)12-18(10-15)23(27,28)29/h3-10,12-13H,11H2,1-2H3. The van der Waals surface area contributed by atoms with Crippen LogP contribution < -0.4 is 4.90 Å². The third-order valence-electron chi connectivity index (χ3n) is 4.90. The van der Waals surface area contributed by atoms with Crippen molar-refractivity contribution in [3.8, 4) is 11.1 Å². The summed E-state index contributed by atoms with van der Waals surface area (Å²) in [5.41, 5.74) is -0.464. The number of aromatic nitrogens is 1. The van der Waals surface area contributed by atoms with E-state index in [2.05, 4.69) is 4.98 Å². The number of amides is 1. The van der Waals surface area contributed by atoms with E-state index in [1.54, 1.807) is 6.07 Å². The number of carbonyl (C=O) groups is 1. The summed E-state index contributed by atoms with van der Waals surface area (Å²) >= 11 is 0. The van der Waals surface area contributed by atoms with E-state index in [0.29, 0.717) is 23.4 Å². The van der Waals surface area contributed by atoms with Gasteiger partial charge in [0, 0.05) is 18.8 Å². The average Bonchev–Trinajstić information content (AvgIpc) is 2.72. The van der Waals surface area contributed by atoms with Crippen LogP contribution in [0, 0.1) is 6.92 Å². The van der Waals surface area contributed by atoms with Gasteiger partial charge in [-0.3, -0.25) is 9.78 Å². The predicted molar refractivity (Wildman–Crippen MR) is 108 cm³/mol. The van der Waals surface area contributed by atoms with Gasteiger partial charge in [0.05, 0.1) is 29.4 Å². The van der Waals surface area contributed by atoms with Gasteiger partial charge in [0.2, 0.25) is 5.91 Å². The Kier molecular flexibility index (Phi) is 6.29. The van der Waals surface area contributed by atoms with Crippen molar-refractivity contribution in [3.63, 3.8) is 0 Å². The van der Waals surface area contributed by atoms with Crippen LogP contribution in [0.1, 0.15) is 22.3 Å². The van der Waals surface area contributed by atoms with Gasteiger partial charge >= 0.3 is 12.4 Å². The molecule has 0 unspecified atom stereocenters. The van der Waals surface area contributed by atoms with Crippen molar-refractivity contribution in [2.24, 2.45) is 0 Å². The van der Waals surface area contributed by atoms with E-state index in [1.165, 1.54) is 24.3 Å². The minimum absolute atomic E-state index is 0.0360. The Hall–Kier alpha value is -3.36. The number of pyridine rings is 1. The first-order valence-electron chi connectivity index (χ1n) is 9.42. The number of aryl methyl sites for hydroxylation is 1. The Labute approximate surface area is 180 Å². The molecule has 3 nitrogen and oxygen atoms in total. The summed E-state index contributed by atoms with van der Waals surface area (Å²) in [6, 6.07) is 10.3. The number of hydrogen-bond donors (Lipinski definition) is 0. The SMILES string of the molecule is Cc1ccc(-c2ccncc2N(C)C(=O)Cc2cc(C(F)(F)F)cc(C(F)(F)F)c2)cc1. The molecule has 0 saturated carbocycles. The summed E-state index contributed by atoms with van der Waals surface area (Å²) in [4.78, 5) is 18.0. The zero-order valence-electron chi connectivity index (χ0n) is 17.1. The smallest absolute Gasteiger partial charge is 0.313 e. The summed E-state index contributed by atoms with van der Waals surface area (Å²) in [6.07, 6.45) is -7.66. The number of halogens is 6. The van der Waals surface area contributed by atoms with Crippen LogP contribution in [0.5, 0.6) is 0 Å². The number of hydrogen-bond acceptors (Lipinski definition) is 2. The van der Waals surface area contributed by atoms with E-state index >= 15 is 0 Å². The van der Waals surface area contributed by atoms with Crippen molar-refractivity contribution in [2.75, 3.05) is 11.9 Å². The third kappa shape index (κ3) is 5.27. The number of alkyl halides is 6. The molecule has 0 atom stereocenters. The Balaban J connectivity index is 1.94. The quantitative estimate of drug-likeness (QED) is 0.436. The second-order valence-corrected chi connectivity index (χ2v) is 7.30. The number of rotatable bonds is 4. The van der Waals surface area contributed by atoms with Crippen molar-refractivity contribution in [3.05, 3.63) is 83.2 Å². The Morgan fingerprint density at radius 1 is 0.906 bits per heavy atom. The first-order chi connectivity index (χ1) is 14.9. The molecule has 0 N–H and O–H groups in total.